The van der Waals surface area contributed by atoms with Crippen LogP contribution in [0.3, 0.4) is 0 Å². The molecule has 5 nitrogen and oxygen atoms in total. The van der Waals surface area contributed by atoms with Gasteiger partial charge in [-0.25, -0.2) is 0 Å². The van der Waals surface area contributed by atoms with Crippen LogP contribution < -0.4 is 20.5 Å². The molecule has 2 rings (SSSR count). The summed E-state index contributed by atoms with van der Waals surface area (Å²) in [4.78, 5) is 0. The minimum absolute atomic E-state index is 0.0205. The molecule has 0 aliphatic carbocycles. The molecule has 0 saturated carbocycles. The number of rotatable bonds is 3. The van der Waals surface area contributed by atoms with E-state index in [9.17, 15) is 0 Å². The SMILES string of the molecule is COc1cc(C2CNCCO2)cc(OC)c1N. The fourth-order valence-corrected chi connectivity index (χ4v) is 1.92. The largest absolute Gasteiger partial charge is 0.494 e. The van der Waals surface area contributed by atoms with E-state index >= 15 is 0 Å². The van der Waals surface area contributed by atoms with E-state index in [2.05, 4.69) is 5.32 Å². The fourth-order valence-electron chi connectivity index (χ4n) is 1.92. The zero-order valence-corrected chi connectivity index (χ0v) is 10.2. The maximum absolute atomic E-state index is 5.90. The summed E-state index contributed by atoms with van der Waals surface area (Å²) in [7, 11) is 3.18. The highest BCUT2D eigenvalue weighted by molar-refractivity contribution is 5.64. The molecule has 1 aliphatic rings. The maximum Gasteiger partial charge on any atom is 0.145 e. The number of benzene rings is 1. The van der Waals surface area contributed by atoms with Gasteiger partial charge >= 0.3 is 0 Å². The van der Waals surface area contributed by atoms with Crippen molar-refractivity contribution in [3.05, 3.63) is 17.7 Å². The molecule has 5 heteroatoms. The van der Waals surface area contributed by atoms with E-state index in [0.717, 1.165) is 18.7 Å². The Labute approximate surface area is 101 Å². The van der Waals surface area contributed by atoms with Gasteiger partial charge in [-0.1, -0.05) is 0 Å². The first-order chi connectivity index (χ1) is 8.26. The number of anilines is 1. The molecule has 0 amide bonds. The molecule has 1 saturated heterocycles. The molecular formula is C12H18N2O3. The van der Waals surface area contributed by atoms with Gasteiger partial charge in [0.15, 0.2) is 0 Å². The first-order valence-electron chi connectivity index (χ1n) is 5.60. The topological polar surface area (TPSA) is 65.7 Å². The van der Waals surface area contributed by atoms with Gasteiger partial charge in [0.1, 0.15) is 17.2 Å². The van der Waals surface area contributed by atoms with Crippen molar-refractivity contribution in [1.82, 2.24) is 5.32 Å². The highest BCUT2D eigenvalue weighted by Crippen LogP contribution is 2.36. The van der Waals surface area contributed by atoms with Crippen LogP contribution in [0.5, 0.6) is 11.5 Å². The molecule has 1 heterocycles. The number of nitrogens with one attached hydrogen (secondary N) is 1. The molecule has 0 aromatic heterocycles. The predicted molar refractivity (Wildman–Crippen MR) is 65.5 cm³/mol. The van der Waals surface area contributed by atoms with Crippen LogP contribution in [0.25, 0.3) is 0 Å². The van der Waals surface area contributed by atoms with E-state index < -0.39 is 0 Å². The van der Waals surface area contributed by atoms with Crippen molar-refractivity contribution in [2.75, 3.05) is 39.6 Å². The van der Waals surface area contributed by atoms with E-state index in [1.54, 1.807) is 14.2 Å². The van der Waals surface area contributed by atoms with Crippen molar-refractivity contribution in [3.63, 3.8) is 0 Å². The Balaban J connectivity index is 2.33. The van der Waals surface area contributed by atoms with Crippen LogP contribution in [0, 0.1) is 0 Å². The van der Waals surface area contributed by atoms with Gasteiger partial charge in [-0.05, 0) is 17.7 Å². The zero-order valence-electron chi connectivity index (χ0n) is 10.2. The lowest BCUT2D eigenvalue weighted by Crippen LogP contribution is -2.33. The average Bonchev–Trinajstić information content (AvgIpc) is 2.40. The average molecular weight is 238 g/mol. The van der Waals surface area contributed by atoms with Crippen LogP contribution >= 0.6 is 0 Å². The minimum atomic E-state index is 0.0205. The third-order valence-electron chi connectivity index (χ3n) is 2.87. The number of nitrogen functional groups attached to an aromatic ring is 1. The number of morpholine rings is 1. The van der Waals surface area contributed by atoms with Gasteiger partial charge in [-0.2, -0.15) is 0 Å². The second-order valence-corrected chi connectivity index (χ2v) is 3.90. The molecule has 0 spiro atoms. The summed E-state index contributed by atoms with van der Waals surface area (Å²) in [5.74, 6) is 1.24. The summed E-state index contributed by atoms with van der Waals surface area (Å²) in [5.41, 5.74) is 7.43. The van der Waals surface area contributed by atoms with Gasteiger partial charge in [0.2, 0.25) is 0 Å². The highest BCUT2D eigenvalue weighted by Gasteiger charge is 2.19. The van der Waals surface area contributed by atoms with Gasteiger partial charge in [0.05, 0.1) is 26.9 Å². The number of hydrogen-bond acceptors (Lipinski definition) is 5. The summed E-state index contributed by atoms with van der Waals surface area (Å²) >= 11 is 0. The number of nitrogens with two attached hydrogens (primary N) is 1. The van der Waals surface area contributed by atoms with Crippen molar-refractivity contribution >= 4 is 5.69 Å². The van der Waals surface area contributed by atoms with Crippen LogP contribution in [-0.4, -0.2) is 33.9 Å². The van der Waals surface area contributed by atoms with Crippen molar-refractivity contribution in [3.8, 4) is 11.5 Å². The molecule has 1 aliphatic heterocycles. The van der Waals surface area contributed by atoms with Crippen molar-refractivity contribution in [2.24, 2.45) is 0 Å². The quantitative estimate of drug-likeness (QED) is 0.767. The normalized spacial score (nSPS) is 20.0. The Morgan fingerprint density at radius 1 is 1.29 bits per heavy atom. The summed E-state index contributed by atoms with van der Waals surface area (Å²) in [6.45, 7) is 2.38. The fraction of sp³-hybridized carbons (Fsp3) is 0.500. The second-order valence-electron chi connectivity index (χ2n) is 3.90. The van der Waals surface area contributed by atoms with Gasteiger partial charge in [0.25, 0.3) is 0 Å². The van der Waals surface area contributed by atoms with E-state index in [1.165, 1.54) is 0 Å². The van der Waals surface area contributed by atoms with Crippen LogP contribution in [-0.2, 0) is 4.74 Å². The molecular weight excluding hydrogens is 220 g/mol. The van der Waals surface area contributed by atoms with Crippen LogP contribution in [0.4, 0.5) is 5.69 Å². The Hall–Kier alpha value is -1.46. The van der Waals surface area contributed by atoms with E-state index in [4.69, 9.17) is 19.9 Å². The summed E-state index contributed by atoms with van der Waals surface area (Å²) < 4.78 is 16.2. The number of ether oxygens (including phenoxy) is 3. The molecule has 0 bridgehead atoms. The summed E-state index contributed by atoms with van der Waals surface area (Å²) in [6, 6.07) is 3.80. The third kappa shape index (κ3) is 2.45. The molecule has 17 heavy (non-hydrogen) atoms. The summed E-state index contributed by atoms with van der Waals surface area (Å²) in [5, 5.41) is 3.28. The van der Waals surface area contributed by atoms with E-state index in [0.29, 0.717) is 23.8 Å². The predicted octanol–water partition coefficient (Wildman–Crippen LogP) is 0.947. The first-order valence-corrected chi connectivity index (χ1v) is 5.60. The van der Waals surface area contributed by atoms with Crippen LogP contribution in [0.15, 0.2) is 12.1 Å². The van der Waals surface area contributed by atoms with Gasteiger partial charge < -0.3 is 25.3 Å². The lowest BCUT2D eigenvalue weighted by atomic mass is 10.1. The maximum atomic E-state index is 5.90. The monoisotopic (exact) mass is 238 g/mol. The Kier molecular flexibility index (Phi) is 3.71. The Morgan fingerprint density at radius 3 is 2.41 bits per heavy atom. The molecule has 1 aromatic rings. The molecule has 1 fully saturated rings. The van der Waals surface area contributed by atoms with Crippen molar-refractivity contribution in [1.29, 1.82) is 0 Å². The molecule has 1 unspecified atom stereocenters. The number of methoxy groups -OCH3 is 2. The smallest absolute Gasteiger partial charge is 0.145 e. The van der Waals surface area contributed by atoms with Crippen molar-refractivity contribution < 1.29 is 14.2 Å². The van der Waals surface area contributed by atoms with Crippen molar-refractivity contribution in [2.45, 2.75) is 6.10 Å². The molecule has 1 aromatic carbocycles. The van der Waals surface area contributed by atoms with Crippen LogP contribution in [0.1, 0.15) is 11.7 Å². The van der Waals surface area contributed by atoms with Gasteiger partial charge in [-0.3, -0.25) is 0 Å². The molecule has 0 radical (unpaired) electrons. The summed E-state index contributed by atoms with van der Waals surface area (Å²) in [6.07, 6.45) is 0.0205. The Bertz CT molecular complexity index is 364. The molecule has 94 valence electrons. The van der Waals surface area contributed by atoms with E-state index in [1.807, 2.05) is 12.1 Å². The van der Waals surface area contributed by atoms with Gasteiger partial charge in [0, 0.05) is 13.1 Å². The lowest BCUT2D eigenvalue weighted by molar-refractivity contribution is 0.0275. The third-order valence-corrected chi connectivity index (χ3v) is 2.87. The first kappa shape index (κ1) is 12.0. The minimum Gasteiger partial charge on any atom is -0.494 e. The zero-order chi connectivity index (χ0) is 12.3. The van der Waals surface area contributed by atoms with E-state index in [-0.39, 0.29) is 6.10 Å². The lowest BCUT2D eigenvalue weighted by Gasteiger charge is -2.25. The Morgan fingerprint density at radius 2 is 1.94 bits per heavy atom. The standard InChI is InChI=1S/C12H18N2O3/c1-15-9-5-8(6-10(16-2)12(9)13)11-7-14-3-4-17-11/h5-6,11,14H,3-4,7,13H2,1-2H3. The van der Waals surface area contributed by atoms with Crippen LogP contribution in [0.2, 0.25) is 0 Å². The highest BCUT2D eigenvalue weighted by atomic mass is 16.5. The molecule has 3 N–H and O–H groups in total. The second kappa shape index (κ2) is 5.25. The molecule has 1 atom stereocenters. The van der Waals surface area contributed by atoms with Gasteiger partial charge in [-0.15, -0.1) is 0 Å². The number of hydrogen-bond donors (Lipinski definition) is 2.